The number of methoxy groups -OCH3 is 1. The van der Waals surface area contributed by atoms with Gasteiger partial charge in [-0.05, 0) is 92.7 Å². The van der Waals surface area contributed by atoms with Crippen molar-refractivity contribution in [2.45, 2.75) is 43.8 Å². The maximum Gasteiger partial charge on any atom is 0.166 e. The first kappa shape index (κ1) is 22.6. The van der Waals surface area contributed by atoms with E-state index in [2.05, 4.69) is 50.6 Å². The van der Waals surface area contributed by atoms with E-state index < -0.39 is 0 Å². The molecule has 1 aromatic carbocycles. The SMILES string of the molecule is C=C[C@H]1CN2CC[C@H]1C[C@H]2[C@@H](NC(=S)NC[C@@H]1CCCN1)c1ccnc2ccc(OC)cc12. The number of nitrogens with one attached hydrogen (secondary N) is 3. The summed E-state index contributed by atoms with van der Waals surface area (Å²) < 4.78 is 5.54. The van der Waals surface area contributed by atoms with Gasteiger partial charge < -0.3 is 20.7 Å². The smallest absolute Gasteiger partial charge is 0.166 e. The van der Waals surface area contributed by atoms with Gasteiger partial charge in [0.15, 0.2) is 5.11 Å². The average Bonchev–Trinajstić information content (AvgIpc) is 3.39. The zero-order chi connectivity index (χ0) is 22.8. The molecule has 6 rings (SSSR count). The Balaban J connectivity index is 1.45. The Kier molecular flexibility index (Phi) is 6.81. The summed E-state index contributed by atoms with van der Waals surface area (Å²) in [5.74, 6) is 2.12. The largest absolute Gasteiger partial charge is 0.497 e. The lowest BCUT2D eigenvalue weighted by atomic mass is 9.73. The lowest BCUT2D eigenvalue weighted by molar-refractivity contribution is 0.00429. The van der Waals surface area contributed by atoms with E-state index in [-0.39, 0.29) is 6.04 Å². The van der Waals surface area contributed by atoms with E-state index in [0.717, 1.165) is 54.4 Å². The van der Waals surface area contributed by atoms with Crippen molar-refractivity contribution >= 4 is 28.2 Å². The van der Waals surface area contributed by atoms with Crippen LogP contribution in [-0.4, -0.2) is 60.4 Å². The number of nitrogens with zero attached hydrogens (tertiary/aromatic N) is 2. The van der Waals surface area contributed by atoms with E-state index in [1.165, 1.54) is 24.8 Å². The number of aromatic nitrogens is 1. The number of pyridine rings is 1. The van der Waals surface area contributed by atoms with Gasteiger partial charge >= 0.3 is 0 Å². The molecule has 0 saturated carbocycles. The van der Waals surface area contributed by atoms with Gasteiger partial charge in [-0.1, -0.05) is 6.08 Å². The fraction of sp³-hybridized carbons (Fsp3) is 0.538. The monoisotopic (exact) mass is 465 g/mol. The number of ether oxygens (including phenoxy) is 1. The molecule has 176 valence electrons. The number of piperidine rings is 3. The summed E-state index contributed by atoms with van der Waals surface area (Å²) >= 11 is 5.81. The molecule has 2 bridgehead atoms. The van der Waals surface area contributed by atoms with Crippen LogP contribution in [-0.2, 0) is 0 Å². The Bertz CT molecular complexity index is 1010. The molecule has 0 aliphatic carbocycles. The standard InChI is InChI=1S/C26H35N5OS/c1-3-17-16-31-12-9-18(17)13-24(31)25(30-26(33)29-15-19-5-4-10-27-19)21-8-11-28-23-7-6-20(32-2)14-22(21)23/h3,6-8,11,14,17-19,24-25,27H,1,4-5,9-10,12-13,15-16H2,2H3,(H2,29,30,33)/t17-,18-,19-,24-,25-/m0/s1. The highest BCUT2D eigenvalue weighted by atomic mass is 32.1. The number of fused-ring (bicyclic) bond motifs is 4. The van der Waals surface area contributed by atoms with E-state index in [9.17, 15) is 0 Å². The third-order valence-corrected chi connectivity index (χ3v) is 8.08. The molecule has 5 heterocycles. The molecular formula is C26H35N5OS. The number of rotatable bonds is 7. The van der Waals surface area contributed by atoms with E-state index in [1.54, 1.807) is 7.11 Å². The second kappa shape index (κ2) is 9.95. The van der Waals surface area contributed by atoms with Crippen LogP contribution in [0, 0.1) is 11.8 Å². The lowest BCUT2D eigenvalue weighted by Crippen LogP contribution is -2.58. The molecule has 0 radical (unpaired) electrons. The Labute approximate surface area is 202 Å². The third-order valence-electron chi connectivity index (χ3n) is 7.81. The minimum atomic E-state index is 0.0766. The van der Waals surface area contributed by atoms with Crippen LogP contribution in [0.3, 0.4) is 0 Å². The molecule has 2 aromatic rings. The molecule has 7 heteroatoms. The highest BCUT2D eigenvalue weighted by molar-refractivity contribution is 7.80. The van der Waals surface area contributed by atoms with Crippen molar-refractivity contribution in [3.05, 3.63) is 48.7 Å². The van der Waals surface area contributed by atoms with Gasteiger partial charge in [0, 0.05) is 36.8 Å². The topological polar surface area (TPSA) is 61.5 Å². The normalized spacial score (nSPS) is 29.5. The predicted molar refractivity (Wildman–Crippen MR) is 138 cm³/mol. The van der Waals surface area contributed by atoms with Gasteiger partial charge in [-0.25, -0.2) is 0 Å². The van der Waals surface area contributed by atoms with Crippen LogP contribution in [0.4, 0.5) is 0 Å². The van der Waals surface area contributed by atoms with E-state index in [0.29, 0.717) is 23.9 Å². The van der Waals surface area contributed by atoms with Gasteiger partial charge in [-0.15, -0.1) is 6.58 Å². The zero-order valence-corrected chi connectivity index (χ0v) is 20.2. The molecule has 1 aromatic heterocycles. The van der Waals surface area contributed by atoms with Crippen LogP contribution < -0.4 is 20.7 Å². The molecule has 33 heavy (non-hydrogen) atoms. The van der Waals surface area contributed by atoms with Crippen LogP contribution in [0.15, 0.2) is 43.1 Å². The van der Waals surface area contributed by atoms with Crippen LogP contribution in [0.2, 0.25) is 0 Å². The first-order chi connectivity index (χ1) is 16.2. The van der Waals surface area contributed by atoms with Gasteiger partial charge in [0.1, 0.15) is 5.75 Å². The van der Waals surface area contributed by atoms with Gasteiger partial charge in [0.05, 0.1) is 18.7 Å². The molecule has 1 unspecified atom stereocenters. The second-order valence-electron chi connectivity index (χ2n) is 9.65. The molecule has 4 fully saturated rings. The maximum absolute atomic E-state index is 5.81. The summed E-state index contributed by atoms with van der Waals surface area (Å²) in [4.78, 5) is 7.26. The highest BCUT2D eigenvalue weighted by Crippen LogP contribution is 2.42. The van der Waals surface area contributed by atoms with Crippen molar-refractivity contribution < 1.29 is 4.74 Å². The molecule has 6 nitrogen and oxygen atoms in total. The first-order valence-corrected chi connectivity index (χ1v) is 12.6. The van der Waals surface area contributed by atoms with Gasteiger partial charge in [0.25, 0.3) is 0 Å². The second-order valence-corrected chi connectivity index (χ2v) is 10.1. The Morgan fingerprint density at radius 3 is 3.03 bits per heavy atom. The Morgan fingerprint density at radius 1 is 1.39 bits per heavy atom. The number of hydrogen-bond acceptors (Lipinski definition) is 5. The van der Waals surface area contributed by atoms with Gasteiger partial charge in [0.2, 0.25) is 0 Å². The quantitative estimate of drug-likeness (QED) is 0.428. The molecule has 3 N–H and O–H groups in total. The number of benzene rings is 1. The fourth-order valence-electron chi connectivity index (χ4n) is 5.99. The number of thiocarbonyl (C=S) groups is 1. The van der Waals surface area contributed by atoms with Crippen LogP contribution in [0.1, 0.15) is 37.3 Å². The average molecular weight is 466 g/mol. The van der Waals surface area contributed by atoms with Crippen molar-refractivity contribution in [3.63, 3.8) is 0 Å². The van der Waals surface area contributed by atoms with E-state index >= 15 is 0 Å². The van der Waals surface area contributed by atoms with Crippen molar-refractivity contribution in [2.24, 2.45) is 11.8 Å². The summed E-state index contributed by atoms with van der Waals surface area (Å²) in [6.45, 7) is 8.27. The molecule has 0 amide bonds. The summed E-state index contributed by atoms with van der Waals surface area (Å²) in [7, 11) is 1.71. The summed E-state index contributed by atoms with van der Waals surface area (Å²) in [5, 5.41) is 12.6. The lowest BCUT2D eigenvalue weighted by Gasteiger charge is -2.52. The van der Waals surface area contributed by atoms with Gasteiger partial charge in [-0.3, -0.25) is 9.88 Å². The van der Waals surface area contributed by atoms with Gasteiger partial charge in [-0.2, -0.15) is 0 Å². The Morgan fingerprint density at radius 2 is 2.30 bits per heavy atom. The summed E-state index contributed by atoms with van der Waals surface area (Å²) in [6.07, 6.45) is 8.91. The third kappa shape index (κ3) is 4.72. The molecule has 4 aliphatic rings. The van der Waals surface area contributed by atoms with Crippen molar-refractivity contribution in [1.82, 2.24) is 25.8 Å². The first-order valence-electron chi connectivity index (χ1n) is 12.2. The summed E-state index contributed by atoms with van der Waals surface area (Å²) in [5.41, 5.74) is 2.21. The molecule has 6 atom stereocenters. The van der Waals surface area contributed by atoms with Crippen molar-refractivity contribution in [2.75, 3.05) is 33.3 Å². The minimum Gasteiger partial charge on any atom is -0.497 e. The van der Waals surface area contributed by atoms with E-state index in [4.69, 9.17) is 17.0 Å². The maximum atomic E-state index is 5.81. The van der Waals surface area contributed by atoms with Crippen molar-refractivity contribution in [3.8, 4) is 5.75 Å². The van der Waals surface area contributed by atoms with Crippen molar-refractivity contribution in [1.29, 1.82) is 0 Å². The minimum absolute atomic E-state index is 0.0766. The molecule has 4 aliphatic heterocycles. The van der Waals surface area contributed by atoms with Crippen LogP contribution in [0.25, 0.3) is 10.9 Å². The van der Waals surface area contributed by atoms with Crippen LogP contribution >= 0.6 is 12.2 Å². The number of hydrogen-bond donors (Lipinski definition) is 3. The zero-order valence-electron chi connectivity index (χ0n) is 19.4. The predicted octanol–water partition coefficient (Wildman–Crippen LogP) is 3.40. The molecular weight excluding hydrogens is 430 g/mol. The van der Waals surface area contributed by atoms with E-state index in [1.807, 2.05) is 18.3 Å². The Hall–Kier alpha value is -2.22. The molecule has 4 saturated heterocycles. The highest BCUT2D eigenvalue weighted by Gasteiger charge is 2.43. The molecule has 0 spiro atoms. The summed E-state index contributed by atoms with van der Waals surface area (Å²) in [6, 6.07) is 9.22. The fourth-order valence-corrected chi connectivity index (χ4v) is 6.20. The van der Waals surface area contributed by atoms with Crippen LogP contribution in [0.5, 0.6) is 5.75 Å².